The Bertz CT molecular complexity index is 416. The highest BCUT2D eigenvalue weighted by Gasteiger charge is 2.23. The van der Waals surface area contributed by atoms with Crippen molar-refractivity contribution in [3.05, 3.63) is 0 Å². The topological polar surface area (TPSA) is 96.2 Å². The van der Waals surface area contributed by atoms with Gasteiger partial charge < -0.3 is 24.1 Å². The zero-order valence-electron chi connectivity index (χ0n) is 19.1. The molecule has 0 rings (SSSR count). The van der Waals surface area contributed by atoms with Gasteiger partial charge in [0.25, 0.3) is 0 Å². The molecule has 0 saturated heterocycles. The predicted molar refractivity (Wildman–Crippen MR) is 118 cm³/mol. The molecular formula is C21H47NO6P+. The first-order valence-corrected chi connectivity index (χ1v) is 13.0. The molecule has 176 valence electrons. The minimum atomic E-state index is -4.43. The molecule has 8 heteroatoms. The molecule has 0 aromatic carbocycles. The highest BCUT2D eigenvalue weighted by Crippen LogP contribution is 2.35. The first-order chi connectivity index (χ1) is 13.7. The first kappa shape index (κ1) is 29.0. The van der Waals surface area contributed by atoms with E-state index in [1.54, 1.807) is 0 Å². The Kier molecular flexibility index (Phi) is 17.6. The van der Waals surface area contributed by atoms with Crippen LogP contribution >= 0.6 is 7.82 Å². The molecule has 0 bridgehead atoms. The van der Waals surface area contributed by atoms with E-state index in [1.165, 1.54) is 70.6 Å². The summed E-state index contributed by atoms with van der Waals surface area (Å²) in [7, 11) is -0.656. The SMILES string of the molecule is CCCCCCCCCCCCCCOCC(O)C[N+](C)(C)CCOP(=O)(O)O. The summed E-state index contributed by atoms with van der Waals surface area (Å²) in [6, 6.07) is 0. The smallest absolute Gasteiger partial charge is 0.385 e. The third-order valence-corrected chi connectivity index (χ3v) is 5.63. The van der Waals surface area contributed by atoms with Gasteiger partial charge in [-0.2, -0.15) is 0 Å². The van der Waals surface area contributed by atoms with Crippen LogP contribution in [0.4, 0.5) is 0 Å². The van der Waals surface area contributed by atoms with Gasteiger partial charge in [-0.3, -0.25) is 4.52 Å². The minimum Gasteiger partial charge on any atom is -0.385 e. The van der Waals surface area contributed by atoms with E-state index < -0.39 is 13.9 Å². The Morgan fingerprint density at radius 1 is 0.828 bits per heavy atom. The van der Waals surface area contributed by atoms with Crippen LogP contribution in [-0.4, -0.2) is 72.5 Å². The standard InChI is InChI=1S/C21H46NO6P/c1-4-5-6-7-8-9-10-11-12-13-14-15-17-27-20-21(23)19-22(2,3)16-18-28-29(24,25)26/h21,23H,4-20H2,1-3H3,(H-,24,25,26)/p+1. The van der Waals surface area contributed by atoms with Crippen LogP contribution < -0.4 is 0 Å². The van der Waals surface area contributed by atoms with Crippen molar-refractivity contribution in [3.63, 3.8) is 0 Å². The molecule has 0 fully saturated rings. The van der Waals surface area contributed by atoms with Crippen LogP contribution in [0.2, 0.25) is 0 Å². The zero-order valence-corrected chi connectivity index (χ0v) is 20.0. The van der Waals surface area contributed by atoms with Crippen LogP contribution in [0.25, 0.3) is 0 Å². The molecule has 0 saturated carbocycles. The molecule has 0 heterocycles. The van der Waals surface area contributed by atoms with Crippen LogP contribution in [0.1, 0.15) is 84.0 Å². The van der Waals surface area contributed by atoms with Crippen molar-refractivity contribution in [2.24, 2.45) is 0 Å². The van der Waals surface area contributed by atoms with E-state index >= 15 is 0 Å². The summed E-state index contributed by atoms with van der Waals surface area (Å²) in [5, 5.41) is 10.1. The Hall–Kier alpha value is -0.0100. The van der Waals surface area contributed by atoms with Crippen LogP contribution in [-0.2, 0) is 13.8 Å². The molecule has 0 aliphatic rings. The number of hydrogen-bond acceptors (Lipinski definition) is 4. The summed E-state index contributed by atoms with van der Waals surface area (Å²) in [6.07, 6.45) is 15.1. The number of quaternary nitrogens is 1. The van der Waals surface area contributed by atoms with E-state index in [-0.39, 0.29) is 6.61 Å². The lowest BCUT2D eigenvalue weighted by atomic mass is 10.1. The van der Waals surface area contributed by atoms with Crippen molar-refractivity contribution in [3.8, 4) is 0 Å². The molecule has 0 aromatic rings. The Balaban J connectivity index is 3.46. The fourth-order valence-electron chi connectivity index (χ4n) is 3.39. The maximum absolute atomic E-state index is 10.7. The second-order valence-corrected chi connectivity index (χ2v) is 10.0. The van der Waals surface area contributed by atoms with Crippen LogP contribution in [0, 0.1) is 0 Å². The maximum atomic E-state index is 10.7. The molecular weight excluding hydrogens is 393 g/mol. The molecule has 0 aliphatic carbocycles. The largest absolute Gasteiger partial charge is 0.469 e. The van der Waals surface area contributed by atoms with Crippen molar-refractivity contribution in [2.75, 3.05) is 47.0 Å². The fourth-order valence-corrected chi connectivity index (χ4v) is 3.71. The molecule has 0 aromatic heterocycles. The highest BCUT2D eigenvalue weighted by atomic mass is 31.2. The van der Waals surface area contributed by atoms with Gasteiger partial charge in [0.1, 0.15) is 25.8 Å². The van der Waals surface area contributed by atoms with E-state index in [0.29, 0.717) is 30.8 Å². The van der Waals surface area contributed by atoms with Crippen molar-refractivity contribution in [1.82, 2.24) is 0 Å². The Morgan fingerprint density at radius 2 is 1.31 bits per heavy atom. The summed E-state index contributed by atoms with van der Waals surface area (Å²) < 4.78 is 21.1. The third-order valence-electron chi connectivity index (χ3n) is 5.11. The monoisotopic (exact) mass is 440 g/mol. The van der Waals surface area contributed by atoms with E-state index in [9.17, 15) is 9.67 Å². The molecule has 0 radical (unpaired) electrons. The normalized spacial score (nSPS) is 13.7. The lowest BCUT2D eigenvalue weighted by Gasteiger charge is -2.31. The average molecular weight is 441 g/mol. The summed E-state index contributed by atoms with van der Waals surface area (Å²) in [5.74, 6) is 0. The zero-order chi connectivity index (χ0) is 22.0. The number of aliphatic hydroxyl groups is 1. The number of phosphoric ester groups is 1. The number of aliphatic hydroxyl groups excluding tert-OH is 1. The fraction of sp³-hybridized carbons (Fsp3) is 1.00. The third kappa shape index (κ3) is 22.5. The van der Waals surface area contributed by atoms with Crippen molar-refractivity contribution in [2.45, 2.75) is 90.1 Å². The van der Waals surface area contributed by atoms with Gasteiger partial charge in [0.2, 0.25) is 0 Å². The lowest BCUT2D eigenvalue weighted by molar-refractivity contribution is -0.893. The van der Waals surface area contributed by atoms with Crippen molar-refractivity contribution < 1.29 is 33.2 Å². The Morgan fingerprint density at radius 3 is 1.79 bits per heavy atom. The summed E-state index contributed by atoms with van der Waals surface area (Å²) in [4.78, 5) is 17.4. The van der Waals surface area contributed by atoms with Crippen LogP contribution in [0.3, 0.4) is 0 Å². The number of phosphoric acid groups is 1. The molecule has 0 spiro atoms. The minimum absolute atomic E-state index is 0.0519. The van der Waals surface area contributed by atoms with Gasteiger partial charge in [0, 0.05) is 6.61 Å². The molecule has 0 aliphatic heterocycles. The first-order valence-electron chi connectivity index (χ1n) is 11.4. The highest BCUT2D eigenvalue weighted by molar-refractivity contribution is 7.46. The van der Waals surface area contributed by atoms with Crippen LogP contribution in [0.5, 0.6) is 0 Å². The van der Waals surface area contributed by atoms with Gasteiger partial charge in [-0.05, 0) is 6.42 Å². The van der Waals surface area contributed by atoms with Gasteiger partial charge in [-0.1, -0.05) is 77.6 Å². The summed E-state index contributed by atoms with van der Waals surface area (Å²) in [6.45, 7) is 4.01. The number of hydrogen-bond donors (Lipinski definition) is 3. The number of unbranched alkanes of at least 4 members (excludes halogenated alkanes) is 11. The molecule has 1 atom stereocenters. The number of likely N-dealkylation sites (N-methyl/N-ethyl adjacent to an activating group) is 1. The van der Waals surface area contributed by atoms with Gasteiger partial charge in [-0.15, -0.1) is 0 Å². The van der Waals surface area contributed by atoms with Gasteiger partial charge in [-0.25, -0.2) is 4.57 Å². The van der Waals surface area contributed by atoms with Gasteiger partial charge >= 0.3 is 7.82 Å². The predicted octanol–water partition coefficient (Wildman–Crippen LogP) is 4.25. The maximum Gasteiger partial charge on any atom is 0.469 e. The van der Waals surface area contributed by atoms with Crippen molar-refractivity contribution in [1.29, 1.82) is 0 Å². The Labute approximate surface area is 178 Å². The second-order valence-electron chi connectivity index (χ2n) is 8.78. The molecule has 3 N–H and O–H groups in total. The van der Waals surface area contributed by atoms with E-state index in [1.807, 2.05) is 14.1 Å². The van der Waals surface area contributed by atoms with E-state index in [2.05, 4.69) is 11.4 Å². The second kappa shape index (κ2) is 17.6. The molecule has 1 unspecified atom stereocenters. The summed E-state index contributed by atoms with van der Waals surface area (Å²) in [5.41, 5.74) is 0. The molecule has 7 nitrogen and oxygen atoms in total. The number of rotatable bonds is 21. The molecule has 29 heavy (non-hydrogen) atoms. The summed E-state index contributed by atoms with van der Waals surface area (Å²) >= 11 is 0. The number of nitrogens with zero attached hydrogens (tertiary/aromatic N) is 1. The van der Waals surface area contributed by atoms with E-state index in [4.69, 9.17) is 14.5 Å². The van der Waals surface area contributed by atoms with Gasteiger partial charge in [0.05, 0.1) is 20.7 Å². The average Bonchev–Trinajstić information content (AvgIpc) is 2.60. The van der Waals surface area contributed by atoms with Crippen LogP contribution in [0.15, 0.2) is 0 Å². The molecule has 0 amide bonds. The van der Waals surface area contributed by atoms with Crippen molar-refractivity contribution >= 4 is 7.82 Å². The lowest BCUT2D eigenvalue weighted by Crippen LogP contribution is -2.48. The van der Waals surface area contributed by atoms with E-state index in [0.717, 1.165) is 6.42 Å². The quantitative estimate of drug-likeness (QED) is 0.140. The van der Waals surface area contributed by atoms with Gasteiger partial charge in [0.15, 0.2) is 0 Å². The number of ether oxygens (including phenoxy) is 1.